The standard InChI is InChI=1S/C26H32N6O/c1-17(32-27)26-22-7-6-20(19-8-11-29-12-9-19)16-23(22)24(10-13-30-26)31-21-5-3-4-18(14-21)15-25(33)28-2/h3-8,14,16,24,27,29-31H,9-13,15H2,1-2H3,(H,28,33)/b26-17-,32-27?. The molecule has 4 rings (SSSR count). The van der Waals surface area contributed by atoms with Crippen molar-refractivity contribution in [3.63, 3.8) is 0 Å². The minimum atomic E-state index is 0.000415. The van der Waals surface area contributed by atoms with Crippen LogP contribution < -0.4 is 21.3 Å². The summed E-state index contributed by atoms with van der Waals surface area (Å²) in [4.78, 5) is 11.8. The van der Waals surface area contributed by atoms with E-state index in [4.69, 9.17) is 5.53 Å². The number of amides is 1. The molecule has 7 heteroatoms. The van der Waals surface area contributed by atoms with Crippen LogP contribution in [-0.2, 0) is 11.2 Å². The fourth-order valence-electron chi connectivity index (χ4n) is 4.53. The zero-order chi connectivity index (χ0) is 23.2. The normalized spacial score (nSPS) is 19.3. The topological polar surface area (TPSA) is 101 Å². The van der Waals surface area contributed by atoms with E-state index in [-0.39, 0.29) is 11.9 Å². The maximum atomic E-state index is 11.8. The van der Waals surface area contributed by atoms with Gasteiger partial charge in [0.1, 0.15) is 0 Å². The monoisotopic (exact) mass is 444 g/mol. The van der Waals surface area contributed by atoms with Crippen LogP contribution in [-0.4, -0.2) is 32.6 Å². The van der Waals surface area contributed by atoms with Crippen molar-refractivity contribution in [2.75, 3.05) is 32.0 Å². The van der Waals surface area contributed by atoms with Crippen molar-refractivity contribution in [1.82, 2.24) is 16.0 Å². The van der Waals surface area contributed by atoms with Crippen molar-refractivity contribution < 1.29 is 4.79 Å². The first-order valence-corrected chi connectivity index (χ1v) is 11.5. The lowest BCUT2D eigenvalue weighted by Gasteiger charge is -2.23. The van der Waals surface area contributed by atoms with Gasteiger partial charge >= 0.3 is 0 Å². The van der Waals surface area contributed by atoms with Crippen molar-refractivity contribution >= 4 is 22.9 Å². The average Bonchev–Trinajstić information content (AvgIpc) is 3.03. The second kappa shape index (κ2) is 10.4. The molecule has 5 N–H and O–H groups in total. The molecule has 0 spiro atoms. The highest BCUT2D eigenvalue weighted by Gasteiger charge is 2.24. The number of anilines is 1. The van der Waals surface area contributed by atoms with Gasteiger partial charge in [-0.25, -0.2) is 5.53 Å². The van der Waals surface area contributed by atoms with Crippen LogP contribution in [0.4, 0.5) is 5.69 Å². The zero-order valence-electron chi connectivity index (χ0n) is 19.3. The lowest BCUT2D eigenvalue weighted by molar-refractivity contribution is -0.119. The minimum absolute atomic E-state index is 0.000415. The van der Waals surface area contributed by atoms with Crippen molar-refractivity contribution in [1.29, 1.82) is 5.53 Å². The van der Waals surface area contributed by atoms with Gasteiger partial charge in [0.2, 0.25) is 5.91 Å². The van der Waals surface area contributed by atoms with E-state index in [1.54, 1.807) is 7.05 Å². The number of nitrogens with zero attached hydrogens (tertiary/aromatic N) is 1. The van der Waals surface area contributed by atoms with Gasteiger partial charge in [0.15, 0.2) is 0 Å². The third-order valence-corrected chi connectivity index (χ3v) is 6.31. The van der Waals surface area contributed by atoms with E-state index in [2.05, 4.69) is 50.7 Å². The second-order valence-corrected chi connectivity index (χ2v) is 8.52. The third-order valence-electron chi connectivity index (χ3n) is 6.31. The Bertz CT molecular complexity index is 1100. The van der Waals surface area contributed by atoms with Gasteiger partial charge in [-0.15, -0.1) is 0 Å². The van der Waals surface area contributed by atoms with Gasteiger partial charge in [-0.05, 0) is 66.8 Å². The lowest BCUT2D eigenvalue weighted by Crippen LogP contribution is -2.20. The molecule has 0 radical (unpaired) electrons. The molecule has 2 aromatic carbocycles. The van der Waals surface area contributed by atoms with Crippen LogP contribution in [0.5, 0.6) is 0 Å². The summed E-state index contributed by atoms with van der Waals surface area (Å²) in [5, 5.41) is 17.0. The molecule has 0 aliphatic carbocycles. The number of hydrogen-bond donors (Lipinski definition) is 5. The van der Waals surface area contributed by atoms with E-state index in [1.807, 2.05) is 31.2 Å². The number of likely N-dealkylation sites (N-methyl/N-ethyl adjacent to an activating group) is 1. The largest absolute Gasteiger partial charge is 0.383 e. The molecule has 0 fully saturated rings. The second-order valence-electron chi connectivity index (χ2n) is 8.52. The molecule has 1 atom stereocenters. The molecule has 33 heavy (non-hydrogen) atoms. The summed E-state index contributed by atoms with van der Waals surface area (Å²) < 4.78 is 0. The molecule has 2 aliphatic rings. The number of carbonyl (C=O) groups is 1. The molecule has 0 aromatic heterocycles. The summed E-state index contributed by atoms with van der Waals surface area (Å²) in [7, 11) is 1.66. The summed E-state index contributed by atoms with van der Waals surface area (Å²) in [5.41, 5.74) is 16.0. The van der Waals surface area contributed by atoms with Crippen LogP contribution in [0.25, 0.3) is 11.3 Å². The molecule has 0 saturated heterocycles. The first-order valence-electron chi connectivity index (χ1n) is 11.5. The number of carbonyl (C=O) groups excluding carboxylic acids is 1. The summed E-state index contributed by atoms with van der Waals surface area (Å²) in [6.07, 6.45) is 4.52. The van der Waals surface area contributed by atoms with Crippen molar-refractivity contribution in [3.8, 4) is 0 Å². The SMILES string of the molecule is CNC(=O)Cc1cccc(NC2CCN/C(=C(/C)N=N)c3ccc(C4=CCNCC4)cc32)c1. The number of fused-ring (bicyclic) bond motifs is 1. The molecule has 2 aromatic rings. The van der Waals surface area contributed by atoms with Crippen LogP contribution in [0.15, 0.2) is 59.4 Å². The van der Waals surface area contributed by atoms with E-state index in [0.29, 0.717) is 12.1 Å². The molecule has 2 heterocycles. The van der Waals surface area contributed by atoms with Crippen LogP contribution in [0.3, 0.4) is 0 Å². The van der Waals surface area contributed by atoms with E-state index in [9.17, 15) is 4.79 Å². The number of nitrogens with one attached hydrogen (secondary N) is 5. The Hall–Kier alpha value is -3.45. The Kier molecular flexibility index (Phi) is 7.19. The average molecular weight is 445 g/mol. The molecule has 1 amide bonds. The molecule has 1 unspecified atom stereocenters. The Morgan fingerprint density at radius 2 is 2.09 bits per heavy atom. The van der Waals surface area contributed by atoms with Crippen LogP contribution in [0.2, 0.25) is 0 Å². The van der Waals surface area contributed by atoms with E-state index < -0.39 is 0 Å². The fourth-order valence-corrected chi connectivity index (χ4v) is 4.53. The first kappa shape index (κ1) is 22.7. The van der Waals surface area contributed by atoms with Crippen LogP contribution in [0.1, 0.15) is 48.1 Å². The lowest BCUT2D eigenvalue weighted by atomic mass is 9.91. The van der Waals surface area contributed by atoms with Crippen molar-refractivity contribution in [2.24, 2.45) is 5.11 Å². The number of rotatable bonds is 6. The Morgan fingerprint density at radius 3 is 2.85 bits per heavy atom. The predicted molar refractivity (Wildman–Crippen MR) is 133 cm³/mol. The summed E-state index contributed by atoms with van der Waals surface area (Å²) in [5.74, 6) is 0.000415. The summed E-state index contributed by atoms with van der Waals surface area (Å²) in [6, 6.07) is 14.8. The van der Waals surface area contributed by atoms with Crippen molar-refractivity contribution in [3.05, 3.63) is 76.5 Å². The molecular weight excluding hydrogens is 412 g/mol. The number of allylic oxidation sites excluding steroid dienone is 1. The summed E-state index contributed by atoms with van der Waals surface area (Å²) >= 11 is 0. The van der Waals surface area contributed by atoms with Gasteiger partial charge < -0.3 is 21.3 Å². The highest BCUT2D eigenvalue weighted by atomic mass is 16.1. The van der Waals surface area contributed by atoms with E-state index in [1.165, 1.54) is 16.7 Å². The smallest absolute Gasteiger partial charge is 0.224 e. The molecule has 2 aliphatic heterocycles. The van der Waals surface area contributed by atoms with Crippen molar-refractivity contribution in [2.45, 2.75) is 32.2 Å². The van der Waals surface area contributed by atoms with Gasteiger partial charge in [-0.2, -0.15) is 5.11 Å². The maximum absolute atomic E-state index is 11.8. The highest BCUT2D eigenvalue weighted by molar-refractivity contribution is 5.79. The molecular formula is C26H32N6O. The molecule has 172 valence electrons. The predicted octanol–water partition coefficient (Wildman–Crippen LogP) is 4.22. The van der Waals surface area contributed by atoms with Gasteiger partial charge in [0.25, 0.3) is 0 Å². The maximum Gasteiger partial charge on any atom is 0.224 e. The quantitative estimate of drug-likeness (QED) is 0.431. The molecule has 0 bridgehead atoms. The van der Waals surface area contributed by atoms with E-state index >= 15 is 0 Å². The van der Waals surface area contributed by atoms with Gasteiger partial charge in [0, 0.05) is 31.4 Å². The highest BCUT2D eigenvalue weighted by Crippen LogP contribution is 2.35. The van der Waals surface area contributed by atoms with Crippen LogP contribution in [0, 0.1) is 5.53 Å². The van der Waals surface area contributed by atoms with E-state index in [0.717, 1.165) is 55.0 Å². The van der Waals surface area contributed by atoms with Gasteiger partial charge in [0.05, 0.1) is 23.9 Å². The Labute approximate surface area is 195 Å². The zero-order valence-corrected chi connectivity index (χ0v) is 19.3. The molecule has 0 saturated carbocycles. The Morgan fingerprint density at radius 1 is 1.21 bits per heavy atom. The van der Waals surface area contributed by atoms with Crippen LogP contribution >= 0.6 is 0 Å². The third kappa shape index (κ3) is 5.31. The number of hydrogen-bond acceptors (Lipinski definition) is 6. The number of benzene rings is 2. The summed E-state index contributed by atoms with van der Waals surface area (Å²) in [6.45, 7) is 4.54. The molecule has 7 nitrogen and oxygen atoms in total. The minimum Gasteiger partial charge on any atom is -0.383 e. The Balaban J connectivity index is 1.72. The fraction of sp³-hybridized carbons (Fsp3) is 0.346. The van der Waals surface area contributed by atoms with Gasteiger partial charge in [-0.1, -0.05) is 30.3 Å². The first-order chi connectivity index (χ1) is 16.1. The van der Waals surface area contributed by atoms with Gasteiger partial charge in [-0.3, -0.25) is 4.79 Å².